The predicted molar refractivity (Wildman–Crippen MR) is 107 cm³/mol. The van der Waals surface area contributed by atoms with Crippen LogP contribution in [0.3, 0.4) is 0 Å². The molecule has 0 saturated carbocycles. The highest BCUT2D eigenvalue weighted by Gasteiger charge is 2.12. The smallest absolute Gasteiger partial charge is 0.221 e. The fraction of sp³-hybridized carbons (Fsp3) is 0.238. The van der Waals surface area contributed by atoms with Gasteiger partial charge in [0, 0.05) is 41.7 Å². The van der Waals surface area contributed by atoms with Crippen molar-refractivity contribution in [2.75, 3.05) is 5.32 Å². The van der Waals surface area contributed by atoms with Gasteiger partial charge in [-0.2, -0.15) is 0 Å². The number of imidazole rings is 1. The third kappa shape index (κ3) is 5.77. The number of anilines is 1. The summed E-state index contributed by atoms with van der Waals surface area (Å²) in [6.45, 7) is 2.44. The highest BCUT2D eigenvalue weighted by atomic mass is 32.2. The van der Waals surface area contributed by atoms with E-state index in [1.165, 1.54) is 17.4 Å². The number of hydrogen-bond acceptors (Lipinski definition) is 3. The lowest BCUT2D eigenvalue weighted by Crippen LogP contribution is -2.13. The number of carbonyl (C=O) groups excluding carboxylic acids is 1. The molecule has 26 heavy (non-hydrogen) atoms. The Kier molecular flexibility index (Phi) is 6.50. The topological polar surface area (TPSA) is 46.9 Å². The van der Waals surface area contributed by atoms with Crippen molar-refractivity contribution in [3.8, 4) is 0 Å². The molecule has 0 saturated heterocycles. The van der Waals surface area contributed by atoms with Crippen molar-refractivity contribution in [3.05, 3.63) is 78.9 Å². The number of thioether (sulfide) groups is 1. The zero-order valence-electron chi connectivity index (χ0n) is 14.8. The van der Waals surface area contributed by atoms with E-state index >= 15 is 0 Å². The standard InChI is InChI=1S/C21H23N3OS/c1-17(25)23-19-8-11-20(12-9-19)26-21(15-24-14-13-22-16-24)10-7-18-5-3-2-4-6-18/h2-6,8-9,11-14,16,21H,7,10,15H2,1H3,(H,23,25). The van der Waals surface area contributed by atoms with E-state index in [1.807, 2.05) is 42.6 Å². The van der Waals surface area contributed by atoms with Gasteiger partial charge in [0.15, 0.2) is 0 Å². The van der Waals surface area contributed by atoms with Crippen LogP contribution in [0.15, 0.2) is 78.2 Å². The minimum absolute atomic E-state index is 0.0498. The predicted octanol–water partition coefficient (Wildman–Crippen LogP) is 4.64. The van der Waals surface area contributed by atoms with Crippen LogP contribution >= 0.6 is 11.8 Å². The molecule has 0 fully saturated rings. The van der Waals surface area contributed by atoms with E-state index in [2.05, 4.69) is 57.3 Å². The van der Waals surface area contributed by atoms with Gasteiger partial charge in [-0.1, -0.05) is 30.3 Å². The van der Waals surface area contributed by atoms with Crippen LogP contribution in [-0.4, -0.2) is 20.7 Å². The minimum Gasteiger partial charge on any atom is -0.336 e. The Bertz CT molecular complexity index is 801. The van der Waals surface area contributed by atoms with Gasteiger partial charge < -0.3 is 9.88 Å². The van der Waals surface area contributed by atoms with Gasteiger partial charge in [-0.05, 0) is 42.7 Å². The maximum atomic E-state index is 11.1. The Labute approximate surface area is 158 Å². The van der Waals surface area contributed by atoms with Crippen LogP contribution < -0.4 is 5.32 Å². The van der Waals surface area contributed by atoms with Crippen LogP contribution in [0.2, 0.25) is 0 Å². The summed E-state index contributed by atoms with van der Waals surface area (Å²) in [7, 11) is 0. The van der Waals surface area contributed by atoms with Crippen molar-refractivity contribution in [2.24, 2.45) is 0 Å². The van der Waals surface area contributed by atoms with E-state index < -0.39 is 0 Å². The van der Waals surface area contributed by atoms with E-state index in [1.54, 1.807) is 0 Å². The minimum atomic E-state index is -0.0498. The van der Waals surface area contributed by atoms with Crippen LogP contribution in [0, 0.1) is 0 Å². The van der Waals surface area contributed by atoms with E-state index in [-0.39, 0.29) is 5.91 Å². The maximum absolute atomic E-state index is 11.1. The lowest BCUT2D eigenvalue weighted by atomic mass is 10.1. The van der Waals surface area contributed by atoms with Gasteiger partial charge in [-0.15, -0.1) is 11.8 Å². The van der Waals surface area contributed by atoms with Crippen LogP contribution in [0.25, 0.3) is 0 Å². The molecule has 5 heteroatoms. The summed E-state index contributed by atoms with van der Waals surface area (Å²) in [5, 5.41) is 3.25. The number of rotatable bonds is 8. The summed E-state index contributed by atoms with van der Waals surface area (Å²) >= 11 is 1.87. The molecular weight excluding hydrogens is 342 g/mol. The quantitative estimate of drug-likeness (QED) is 0.592. The van der Waals surface area contributed by atoms with Crippen molar-refractivity contribution < 1.29 is 4.79 Å². The molecule has 0 aliphatic carbocycles. The van der Waals surface area contributed by atoms with E-state index in [4.69, 9.17) is 0 Å². The largest absolute Gasteiger partial charge is 0.336 e. The van der Waals surface area contributed by atoms with E-state index in [0.29, 0.717) is 5.25 Å². The van der Waals surface area contributed by atoms with Crippen LogP contribution in [0.4, 0.5) is 5.69 Å². The van der Waals surface area contributed by atoms with Gasteiger partial charge in [0.05, 0.1) is 6.33 Å². The first-order chi connectivity index (χ1) is 12.7. The maximum Gasteiger partial charge on any atom is 0.221 e. The van der Waals surface area contributed by atoms with E-state index in [0.717, 1.165) is 25.1 Å². The number of nitrogens with one attached hydrogen (secondary N) is 1. The molecule has 0 aliphatic rings. The van der Waals surface area contributed by atoms with Crippen LogP contribution in [0.1, 0.15) is 18.9 Å². The highest BCUT2D eigenvalue weighted by molar-refractivity contribution is 8.00. The van der Waals surface area contributed by atoms with Gasteiger partial charge in [-0.3, -0.25) is 4.79 Å². The van der Waals surface area contributed by atoms with Crippen LogP contribution in [0.5, 0.6) is 0 Å². The Morgan fingerprint density at radius 2 is 1.92 bits per heavy atom. The molecule has 1 N–H and O–H groups in total. The molecule has 1 unspecified atom stereocenters. The molecular formula is C21H23N3OS. The second-order valence-corrected chi connectivity index (χ2v) is 7.60. The first-order valence-electron chi connectivity index (χ1n) is 8.73. The molecule has 4 nitrogen and oxygen atoms in total. The molecule has 0 aliphatic heterocycles. The van der Waals surface area contributed by atoms with Gasteiger partial charge in [0.1, 0.15) is 0 Å². The first-order valence-corrected chi connectivity index (χ1v) is 9.61. The number of aromatic nitrogens is 2. The summed E-state index contributed by atoms with van der Waals surface area (Å²) in [6.07, 6.45) is 7.84. The first kappa shape index (κ1) is 18.3. The summed E-state index contributed by atoms with van der Waals surface area (Å²) < 4.78 is 2.13. The number of amides is 1. The molecule has 1 amide bonds. The lowest BCUT2D eigenvalue weighted by Gasteiger charge is -2.17. The van der Waals surface area contributed by atoms with Gasteiger partial charge in [-0.25, -0.2) is 4.98 Å². The fourth-order valence-electron chi connectivity index (χ4n) is 2.80. The number of carbonyl (C=O) groups is 1. The molecule has 1 atom stereocenters. The normalized spacial score (nSPS) is 11.9. The third-order valence-electron chi connectivity index (χ3n) is 4.05. The van der Waals surface area contributed by atoms with Crippen molar-refractivity contribution in [3.63, 3.8) is 0 Å². The monoisotopic (exact) mass is 365 g/mol. The summed E-state index contributed by atoms with van der Waals surface area (Å²) in [5.41, 5.74) is 2.20. The lowest BCUT2D eigenvalue weighted by molar-refractivity contribution is -0.114. The molecule has 0 spiro atoms. The molecule has 0 bridgehead atoms. The zero-order chi connectivity index (χ0) is 18.2. The van der Waals surface area contributed by atoms with Crippen LogP contribution in [-0.2, 0) is 17.8 Å². The molecule has 3 aromatic rings. The summed E-state index contributed by atoms with van der Waals surface area (Å²) in [6, 6.07) is 18.6. The molecule has 134 valence electrons. The highest BCUT2D eigenvalue weighted by Crippen LogP contribution is 2.29. The fourth-order valence-corrected chi connectivity index (χ4v) is 3.96. The number of aryl methyl sites for hydroxylation is 1. The molecule has 3 rings (SSSR count). The van der Waals surface area contributed by atoms with Gasteiger partial charge in [0.2, 0.25) is 5.91 Å². The number of hydrogen-bond donors (Lipinski definition) is 1. The zero-order valence-corrected chi connectivity index (χ0v) is 15.7. The Morgan fingerprint density at radius 3 is 2.58 bits per heavy atom. The van der Waals surface area contributed by atoms with E-state index in [9.17, 15) is 4.79 Å². The molecule has 1 heterocycles. The van der Waals surface area contributed by atoms with Crippen molar-refractivity contribution in [1.82, 2.24) is 9.55 Å². The molecule has 1 aromatic heterocycles. The average Bonchev–Trinajstić information content (AvgIpc) is 3.15. The van der Waals surface area contributed by atoms with Gasteiger partial charge >= 0.3 is 0 Å². The third-order valence-corrected chi connectivity index (χ3v) is 5.31. The SMILES string of the molecule is CC(=O)Nc1ccc(SC(CCc2ccccc2)Cn2ccnc2)cc1. The second kappa shape index (κ2) is 9.25. The van der Waals surface area contributed by atoms with Crippen molar-refractivity contribution in [1.29, 1.82) is 0 Å². The van der Waals surface area contributed by atoms with Crippen molar-refractivity contribution in [2.45, 2.75) is 36.5 Å². The Hall–Kier alpha value is -2.53. The summed E-state index contributed by atoms with van der Waals surface area (Å²) in [4.78, 5) is 16.5. The Balaban J connectivity index is 1.65. The number of nitrogens with zero attached hydrogens (tertiary/aromatic N) is 2. The second-order valence-electron chi connectivity index (χ2n) is 6.23. The van der Waals surface area contributed by atoms with Crippen molar-refractivity contribution >= 4 is 23.4 Å². The number of benzene rings is 2. The molecule has 2 aromatic carbocycles. The summed E-state index contributed by atoms with van der Waals surface area (Å²) in [5.74, 6) is -0.0498. The average molecular weight is 366 g/mol. The molecule has 0 radical (unpaired) electrons. The Morgan fingerprint density at radius 1 is 1.15 bits per heavy atom. The van der Waals surface area contributed by atoms with Gasteiger partial charge in [0.25, 0.3) is 0 Å².